The van der Waals surface area contributed by atoms with Crippen molar-refractivity contribution in [1.82, 2.24) is 9.78 Å². The number of esters is 1. The molecule has 0 saturated heterocycles. The highest BCUT2D eigenvalue weighted by atomic mass is 79.9. The molecule has 6 heteroatoms. The molecule has 1 aromatic rings. The molecule has 0 N–H and O–H groups in total. The zero-order valence-corrected chi connectivity index (χ0v) is 9.30. The Balaban J connectivity index is 2.87. The highest BCUT2D eigenvalue weighted by Gasteiger charge is 2.15. The van der Waals surface area contributed by atoms with E-state index in [-0.39, 0.29) is 5.15 Å². The van der Waals surface area contributed by atoms with Gasteiger partial charge in [-0.25, -0.2) is 4.79 Å². The fourth-order valence-corrected chi connectivity index (χ4v) is 1.28. The Morgan fingerprint density at radius 1 is 1.85 bits per heavy atom. The van der Waals surface area contributed by atoms with E-state index >= 15 is 0 Å². The van der Waals surface area contributed by atoms with Crippen molar-refractivity contribution in [3.8, 4) is 0 Å². The van der Waals surface area contributed by atoms with Crippen LogP contribution >= 0.6 is 27.5 Å². The molecule has 0 atom stereocenters. The number of nitrogens with zero attached hydrogens (tertiary/aromatic N) is 2. The smallest absolute Gasteiger partial charge is 0.342 e. The Bertz CT molecular complexity index is 313. The quantitative estimate of drug-likeness (QED) is 0.622. The Labute approximate surface area is 88.9 Å². The molecule has 0 aromatic carbocycles. The third-order valence-electron chi connectivity index (χ3n) is 1.33. The van der Waals surface area contributed by atoms with Crippen molar-refractivity contribution in [1.29, 1.82) is 0 Å². The molecule has 0 aliphatic carbocycles. The van der Waals surface area contributed by atoms with Crippen molar-refractivity contribution < 1.29 is 9.53 Å². The summed E-state index contributed by atoms with van der Waals surface area (Å²) < 4.78 is 6.28. The van der Waals surface area contributed by atoms with Crippen LogP contribution in [0, 0.1) is 0 Å². The van der Waals surface area contributed by atoms with Gasteiger partial charge < -0.3 is 4.74 Å². The Morgan fingerprint density at radius 2 is 2.54 bits per heavy atom. The van der Waals surface area contributed by atoms with E-state index in [0.29, 0.717) is 17.6 Å². The van der Waals surface area contributed by atoms with Crippen LogP contribution in [0.3, 0.4) is 0 Å². The van der Waals surface area contributed by atoms with E-state index < -0.39 is 5.97 Å². The van der Waals surface area contributed by atoms with Crippen molar-refractivity contribution in [2.75, 3.05) is 6.61 Å². The highest BCUT2D eigenvalue weighted by Crippen LogP contribution is 2.14. The largest absolute Gasteiger partial charge is 0.462 e. The number of carbonyl (C=O) groups is 1. The first kappa shape index (κ1) is 10.5. The predicted octanol–water partition coefficient (Wildman–Crippen LogP) is 2.07. The topological polar surface area (TPSA) is 44.1 Å². The Morgan fingerprint density at radius 3 is 3.00 bits per heavy atom. The van der Waals surface area contributed by atoms with Crippen molar-refractivity contribution >= 4 is 33.5 Å². The summed E-state index contributed by atoms with van der Waals surface area (Å²) >= 11 is 8.88. The maximum atomic E-state index is 11.2. The minimum Gasteiger partial charge on any atom is -0.462 e. The van der Waals surface area contributed by atoms with Gasteiger partial charge in [0.15, 0.2) is 5.15 Å². The van der Waals surface area contributed by atoms with Crippen LogP contribution in [0.25, 0.3) is 0 Å². The molecule has 4 nitrogen and oxygen atoms in total. The Hall–Kier alpha value is -0.550. The van der Waals surface area contributed by atoms with Crippen LogP contribution in [0.15, 0.2) is 6.20 Å². The maximum absolute atomic E-state index is 11.2. The number of rotatable bonds is 3. The lowest BCUT2D eigenvalue weighted by atomic mass is 10.4. The standard InChI is InChI=1S/C7H8BrClN2O2/c1-2-13-7(12)5-3-11(4-8)10-6(5)9/h3H,2,4H2,1H3. The average molecular weight is 268 g/mol. The normalized spacial score (nSPS) is 10.1. The molecule has 0 fully saturated rings. The molecule has 1 rings (SSSR count). The van der Waals surface area contributed by atoms with Gasteiger partial charge in [0.2, 0.25) is 0 Å². The summed E-state index contributed by atoms with van der Waals surface area (Å²) in [5.41, 5.74) is 0.787. The maximum Gasteiger partial charge on any atom is 0.342 e. The highest BCUT2D eigenvalue weighted by molar-refractivity contribution is 9.08. The SMILES string of the molecule is CCOC(=O)c1cn(CBr)nc1Cl. The molecule has 0 aliphatic heterocycles. The predicted molar refractivity (Wildman–Crippen MR) is 52.1 cm³/mol. The first-order chi connectivity index (χ1) is 6.19. The second-order valence-corrected chi connectivity index (χ2v) is 3.07. The summed E-state index contributed by atoms with van der Waals surface area (Å²) in [4.78, 5) is 11.2. The molecular weight excluding hydrogens is 259 g/mol. The van der Waals surface area contributed by atoms with Gasteiger partial charge in [0, 0.05) is 6.20 Å². The van der Waals surface area contributed by atoms with E-state index in [9.17, 15) is 4.79 Å². The number of hydrogen-bond donors (Lipinski definition) is 0. The van der Waals surface area contributed by atoms with Gasteiger partial charge in [-0.1, -0.05) is 27.5 Å². The van der Waals surface area contributed by atoms with Crippen LogP contribution in [0.1, 0.15) is 17.3 Å². The zero-order valence-electron chi connectivity index (χ0n) is 6.96. The van der Waals surface area contributed by atoms with Crippen LogP contribution in [0.4, 0.5) is 0 Å². The van der Waals surface area contributed by atoms with Gasteiger partial charge in [-0.15, -0.1) is 0 Å². The van der Waals surface area contributed by atoms with E-state index in [1.54, 1.807) is 6.92 Å². The van der Waals surface area contributed by atoms with E-state index in [4.69, 9.17) is 16.3 Å². The number of hydrogen-bond acceptors (Lipinski definition) is 3. The molecular formula is C7H8BrClN2O2. The molecule has 0 bridgehead atoms. The van der Waals surface area contributed by atoms with E-state index in [1.165, 1.54) is 10.9 Å². The molecule has 1 heterocycles. The summed E-state index contributed by atoms with van der Waals surface area (Å²) in [6, 6.07) is 0. The number of halogens is 2. The van der Waals surface area contributed by atoms with Crippen molar-refractivity contribution in [2.45, 2.75) is 12.4 Å². The zero-order chi connectivity index (χ0) is 9.84. The minimum absolute atomic E-state index is 0.165. The van der Waals surface area contributed by atoms with Gasteiger partial charge >= 0.3 is 5.97 Å². The third-order valence-corrected chi connectivity index (χ3v) is 2.13. The van der Waals surface area contributed by atoms with Gasteiger partial charge in [-0.3, -0.25) is 4.68 Å². The van der Waals surface area contributed by atoms with Crippen LogP contribution in [-0.2, 0) is 10.2 Å². The van der Waals surface area contributed by atoms with E-state index in [2.05, 4.69) is 21.0 Å². The lowest BCUT2D eigenvalue weighted by molar-refractivity contribution is 0.0526. The first-order valence-corrected chi connectivity index (χ1v) is 5.15. The molecule has 0 aliphatic rings. The fourth-order valence-electron chi connectivity index (χ4n) is 0.805. The van der Waals surface area contributed by atoms with Crippen molar-refractivity contribution in [3.05, 3.63) is 16.9 Å². The van der Waals surface area contributed by atoms with Gasteiger partial charge in [0.05, 0.1) is 12.1 Å². The molecule has 0 spiro atoms. The summed E-state index contributed by atoms with van der Waals surface area (Å²) in [6.07, 6.45) is 1.54. The van der Waals surface area contributed by atoms with Crippen molar-refractivity contribution in [2.24, 2.45) is 0 Å². The monoisotopic (exact) mass is 266 g/mol. The second-order valence-electron chi connectivity index (χ2n) is 2.21. The van der Waals surface area contributed by atoms with Gasteiger partial charge in [-0.05, 0) is 6.92 Å². The third kappa shape index (κ3) is 2.45. The molecule has 1 aromatic heterocycles. The molecule has 72 valence electrons. The van der Waals surface area contributed by atoms with Crippen molar-refractivity contribution in [3.63, 3.8) is 0 Å². The summed E-state index contributed by atoms with van der Waals surface area (Å²) in [6.45, 7) is 2.06. The van der Waals surface area contributed by atoms with Crippen LogP contribution in [-0.4, -0.2) is 22.4 Å². The molecule has 13 heavy (non-hydrogen) atoms. The van der Waals surface area contributed by atoms with Gasteiger partial charge in [-0.2, -0.15) is 5.10 Å². The summed E-state index contributed by atoms with van der Waals surface area (Å²) in [5, 5.41) is 4.03. The lowest BCUT2D eigenvalue weighted by Crippen LogP contribution is -2.03. The number of aromatic nitrogens is 2. The number of carbonyl (C=O) groups excluding carboxylic acids is 1. The van der Waals surface area contributed by atoms with E-state index in [0.717, 1.165) is 0 Å². The molecule has 0 saturated carbocycles. The van der Waals surface area contributed by atoms with Gasteiger partial charge in [0.1, 0.15) is 5.56 Å². The molecule has 0 radical (unpaired) electrons. The minimum atomic E-state index is -0.445. The fraction of sp³-hybridized carbons (Fsp3) is 0.429. The Kier molecular flexibility index (Phi) is 3.74. The van der Waals surface area contributed by atoms with Crippen LogP contribution in [0.5, 0.6) is 0 Å². The summed E-state index contributed by atoms with van der Waals surface area (Å²) in [7, 11) is 0. The lowest BCUT2D eigenvalue weighted by Gasteiger charge is -1.97. The average Bonchev–Trinajstić information content (AvgIpc) is 2.47. The molecule has 0 unspecified atom stereocenters. The van der Waals surface area contributed by atoms with E-state index in [1.807, 2.05) is 0 Å². The summed E-state index contributed by atoms with van der Waals surface area (Å²) in [5.74, 6) is -0.445. The first-order valence-electron chi connectivity index (χ1n) is 3.65. The van der Waals surface area contributed by atoms with Crippen LogP contribution in [0.2, 0.25) is 5.15 Å². The molecule has 0 amide bonds. The van der Waals surface area contributed by atoms with Crippen LogP contribution < -0.4 is 0 Å². The van der Waals surface area contributed by atoms with Gasteiger partial charge in [0.25, 0.3) is 0 Å². The second kappa shape index (κ2) is 4.62. The number of alkyl halides is 1. The number of ether oxygens (including phenoxy) is 1.